The highest BCUT2D eigenvalue weighted by atomic mass is 16.5. The van der Waals surface area contributed by atoms with Crippen LogP contribution in [0.25, 0.3) is 0 Å². The third kappa shape index (κ3) is 3.74. The summed E-state index contributed by atoms with van der Waals surface area (Å²) in [7, 11) is 1.81. The molecule has 15 heavy (non-hydrogen) atoms. The third-order valence-corrected chi connectivity index (χ3v) is 3.25. The summed E-state index contributed by atoms with van der Waals surface area (Å²) in [6, 6.07) is 0.449. The molecule has 1 heterocycles. The molecular formula is C12H25NO2. The number of likely N-dealkylation sites (N-methyl/N-ethyl adjacent to an activating group) is 1. The quantitative estimate of drug-likeness (QED) is 0.733. The molecule has 3 nitrogen and oxygen atoms in total. The van der Waals surface area contributed by atoms with Gasteiger partial charge in [-0.25, -0.2) is 0 Å². The van der Waals surface area contributed by atoms with E-state index in [0.717, 1.165) is 26.2 Å². The summed E-state index contributed by atoms with van der Waals surface area (Å²) >= 11 is 0. The second-order valence-electron chi connectivity index (χ2n) is 4.24. The van der Waals surface area contributed by atoms with Gasteiger partial charge in [0.15, 0.2) is 0 Å². The van der Waals surface area contributed by atoms with Crippen LogP contribution in [0.1, 0.15) is 33.1 Å². The molecule has 0 aromatic rings. The van der Waals surface area contributed by atoms with E-state index in [-0.39, 0.29) is 0 Å². The molecule has 1 rings (SSSR count). The molecule has 0 amide bonds. The second kappa shape index (κ2) is 7.20. The van der Waals surface area contributed by atoms with Crippen molar-refractivity contribution in [1.82, 2.24) is 5.32 Å². The Kier molecular flexibility index (Phi) is 6.22. The van der Waals surface area contributed by atoms with E-state index < -0.39 is 0 Å². The predicted molar refractivity (Wildman–Crippen MR) is 62.1 cm³/mol. The highest BCUT2D eigenvalue weighted by Gasteiger charge is 2.29. The van der Waals surface area contributed by atoms with Gasteiger partial charge in [0.05, 0.1) is 12.7 Å². The molecule has 1 aliphatic heterocycles. The summed E-state index contributed by atoms with van der Waals surface area (Å²) in [5.74, 6) is 0.614. The first-order chi connectivity index (χ1) is 7.33. The molecular weight excluding hydrogens is 190 g/mol. The van der Waals surface area contributed by atoms with Crippen LogP contribution in [0.5, 0.6) is 0 Å². The van der Waals surface area contributed by atoms with Crippen LogP contribution < -0.4 is 5.32 Å². The number of methoxy groups -OCH3 is 1. The molecule has 0 aromatic heterocycles. The fraction of sp³-hybridized carbons (Fsp3) is 1.00. The summed E-state index contributed by atoms with van der Waals surface area (Å²) in [6.45, 7) is 7.15. The molecule has 3 heteroatoms. The summed E-state index contributed by atoms with van der Waals surface area (Å²) in [4.78, 5) is 0. The average molecular weight is 215 g/mol. The van der Waals surface area contributed by atoms with Crippen molar-refractivity contribution in [2.45, 2.75) is 45.3 Å². The molecule has 90 valence electrons. The minimum absolute atomic E-state index is 0.316. The number of hydrogen-bond acceptors (Lipinski definition) is 3. The molecule has 1 aliphatic rings. The second-order valence-corrected chi connectivity index (χ2v) is 4.24. The first-order valence-corrected chi connectivity index (χ1v) is 6.17. The van der Waals surface area contributed by atoms with E-state index in [1.807, 2.05) is 7.11 Å². The molecule has 3 atom stereocenters. The Bertz CT molecular complexity index is 154. The van der Waals surface area contributed by atoms with Gasteiger partial charge in [0.2, 0.25) is 0 Å². The Hall–Kier alpha value is -0.120. The molecule has 0 aromatic carbocycles. The van der Waals surface area contributed by atoms with Gasteiger partial charge in [-0.15, -0.1) is 0 Å². The lowest BCUT2D eigenvalue weighted by molar-refractivity contribution is -0.00999. The Morgan fingerprint density at radius 1 is 1.47 bits per heavy atom. The van der Waals surface area contributed by atoms with Crippen LogP contribution in [-0.4, -0.2) is 39.0 Å². The van der Waals surface area contributed by atoms with E-state index in [2.05, 4.69) is 19.2 Å². The van der Waals surface area contributed by atoms with Crippen LogP contribution in [0, 0.1) is 5.92 Å². The van der Waals surface area contributed by atoms with Crippen LogP contribution in [0.15, 0.2) is 0 Å². The molecule has 3 unspecified atom stereocenters. The number of rotatable bonds is 6. The van der Waals surface area contributed by atoms with Crippen LogP contribution in [0.2, 0.25) is 0 Å². The minimum Gasteiger partial charge on any atom is -0.381 e. The molecule has 0 saturated carbocycles. The summed E-state index contributed by atoms with van der Waals surface area (Å²) in [6.07, 6.45) is 3.83. The zero-order chi connectivity index (χ0) is 11.1. The van der Waals surface area contributed by atoms with E-state index in [9.17, 15) is 0 Å². The van der Waals surface area contributed by atoms with Crippen LogP contribution in [0.4, 0.5) is 0 Å². The molecule has 1 fully saturated rings. The van der Waals surface area contributed by atoms with Gasteiger partial charge in [-0.2, -0.15) is 0 Å². The van der Waals surface area contributed by atoms with Gasteiger partial charge in [-0.05, 0) is 25.8 Å². The van der Waals surface area contributed by atoms with E-state index >= 15 is 0 Å². The molecule has 0 bridgehead atoms. The van der Waals surface area contributed by atoms with Crippen molar-refractivity contribution in [1.29, 1.82) is 0 Å². The normalized spacial score (nSPS) is 26.2. The smallest absolute Gasteiger partial charge is 0.0725 e. The number of ether oxygens (including phenoxy) is 2. The monoisotopic (exact) mass is 215 g/mol. The first-order valence-electron chi connectivity index (χ1n) is 6.17. The number of nitrogens with one attached hydrogen (secondary N) is 1. The first kappa shape index (κ1) is 12.9. The largest absolute Gasteiger partial charge is 0.381 e. The maximum absolute atomic E-state index is 5.55. The third-order valence-electron chi connectivity index (χ3n) is 3.25. The Morgan fingerprint density at radius 3 is 2.73 bits per heavy atom. The van der Waals surface area contributed by atoms with Crippen molar-refractivity contribution in [3.8, 4) is 0 Å². The molecule has 1 saturated heterocycles. The predicted octanol–water partition coefficient (Wildman–Crippen LogP) is 1.82. The van der Waals surface area contributed by atoms with Crippen molar-refractivity contribution in [3.63, 3.8) is 0 Å². The topological polar surface area (TPSA) is 30.5 Å². The lowest BCUT2D eigenvalue weighted by Crippen LogP contribution is -2.48. The van der Waals surface area contributed by atoms with E-state index in [4.69, 9.17) is 9.47 Å². The van der Waals surface area contributed by atoms with Gasteiger partial charge >= 0.3 is 0 Å². The van der Waals surface area contributed by atoms with Crippen LogP contribution in [-0.2, 0) is 9.47 Å². The Morgan fingerprint density at radius 2 is 2.27 bits per heavy atom. The summed E-state index contributed by atoms with van der Waals surface area (Å²) < 4.78 is 11.1. The van der Waals surface area contributed by atoms with E-state index in [0.29, 0.717) is 18.1 Å². The van der Waals surface area contributed by atoms with Crippen molar-refractivity contribution in [3.05, 3.63) is 0 Å². The SMILES string of the molecule is CCNC(C1CCCOC1)C(CC)OC. The van der Waals surface area contributed by atoms with E-state index in [1.165, 1.54) is 12.8 Å². The lowest BCUT2D eigenvalue weighted by atomic mass is 9.89. The standard InChI is InChI=1S/C12H25NO2/c1-4-11(14-3)12(13-5-2)10-7-6-8-15-9-10/h10-13H,4-9H2,1-3H3. The molecule has 0 spiro atoms. The fourth-order valence-corrected chi connectivity index (χ4v) is 2.45. The number of hydrogen-bond donors (Lipinski definition) is 1. The van der Waals surface area contributed by atoms with Crippen molar-refractivity contribution < 1.29 is 9.47 Å². The molecule has 1 N–H and O–H groups in total. The highest BCUT2D eigenvalue weighted by Crippen LogP contribution is 2.22. The van der Waals surface area contributed by atoms with Crippen molar-refractivity contribution in [2.24, 2.45) is 5.92 Å². The van der Waals surface area contributed by atoms with Gasteiger partial charge in [-0.3, -0.25) is 0 Å². The molecule has 0 aliphatic carbocycles. The maximum atomic E-state index is 5.55. The Labute approximate surface area is 93.5 Å². The van der Waals surface area contributed by atoms with Gasteiger partial charge in [0, 0.05) is 25.7 Å². The van der Waals surface area contributed by atoms with Gasteiger partial charge in [-0.1, -0.05) is 13.8 Å². The van der Waals surface area contributed by atoms with Crippen molar-refractivity contribution >= 4 is 0 Å². The summed E-state index contributed by atoms with van der Waals surface area (Å²) in [5.41, 5.74) is 0. The van der Waals surface area contributed by atoms with Gasteiger partial charge in [0.1, 0.15) is 0 Å². The van der Waals surface area contributed by atoms with Crippen molar-refractivity contribution in [2.75, 3.05) is 26.9 Å². The van der Waals surface area contributed by atoms with E-state index in [1.54, 1.807) is 0 Å². The van der Waals surface area contributed by atoms with Crippen LogP contribution >= 0.6 is 0 Å². The summed E-state index contributed by atoms with van der Waals surface area (Å²) in [5, 5.41) is 3.55. The van der Waals surface area contributed by atoms with Gasteiger partial charge in [0.25, 0.3) is 0 Å². The zero-order valence-corrected chi connectivity index (χ0v) is 10.3. The zero-order valence-electron chi connectivity index (χ0n) is 10.3. The maximum Gasteiger partial charge on any atom is 0.0725 e. The Balaban J connectivity index is 2.53. The average Bonchev–Trinajstić information content (AvgIpc) is 2.30. The highest BCUT2D eigenvalue weighted by molar-refractivity contribution is 4.84. The molecule has 0 radical (unpaired) electrons. The minimum atomic E-state index is 0.316. The van der Waals surface area contributed by atoms with Crippen LogP contribution in [0.3, 0.4) is 0 Å². The fourth-order valence-electron chi connectivity index (χ4n) is 2.45. The van der Waals surface area contributed by atoms with Gasteiger partial charge < -0.3 is 14.8 Å². The lowest BCUT2D eigenvalue weighted by Gasteiger charge is -2.35.